The minimum absolute atomic E-state index is 0.0317. The lowest BCUT2D eigenvalue weighted by atomic mass is 10.1. The Morgan fingerprint density at radius 2 is 2.19 bits per heavy atom. The number of aromatic nitrogens is 1. The summed E-state index contributed by atoms with van der Waals surface area (Å²) < 4.78 is 4.61. The van der Waals surface area contributed by atoms with E-state index < -0.39 is 4.92 Å². The molecule has 1 N–H and O–H groups in total. The number of nitro groups is 1. The van der Waals surface area contributed by atoms with Crippen LogP contribution < -0.4 is 4.74 Å². The third-order valence-electron chi connectivity index (χ3n) is 2.20. The number of nitro benzene ring substituents is 1. The summed E-state index contributed by atoms with van der Waals surface area (Å²) in [7, 11) is 0. The molecular formula is C10H8N2O4. The zero-order valence-corrected chi connectivity index (χ0v) is 8.39. The van der Waals surface area contributed by atoms with Gasteiger partial charge in [0, 0.05) is 17.5 Å². The number of nitrogens with zero attached hydrogens (tertiary/aromatic N) is 1. The third kappa shape index (κ3) is 1.60. The summed E-state index contributed by atoms with van der Waals surface area (Å²) in [6.07, 6.45) is 0. The molecule has 1 aromatic heterocycles. The summed E-state index contributed by atoms with van der Waals surface area (Å²) in [4.78, 5) is 23.2. The Hall–Kier alpha value is -2.37. The van der Waals surface area contributed by atoms with Crippen LogP contribution in [0.3, 0.4) is 0 Å². The highest BCUT2D eigenvalue weighted by molar-refractivity contribution is 5.90. The number of carbonyl (C=O) groups excluding carboxylic acids is 1. The van der Waals surface area contributed by atoms with Crippen molar-refractivity contribution in [3.05, 3.63) is 33.9 Å². The van der Waals surface area contributed by atoms with Gasteiger partial charge >= 0.3 is 0 Å². The lowest BCUT2D eigenvalue weighted by Gasteiger charge is -1.96. The topological polar surface area (TPSA) is 85.2 Å². The Bertz CT molecular complexity index is 573. The molecule has 6 nitrogen and oxygen atoms in total. The van der Waals surface area contributed by atoms with E-state index in [2.05, 4.69) is 9.72 Å². The van der Waals surface area contributed by atoms with Gasteiger partial charge in [0.15, 0.2) is 0 Å². The largest absolute Gasteiger partial charge is 0.412 e. The number of ether oxygens (including phenoxy) is 1. The zero-order valence-electron chi connectivity index (χ0n) is 8.39. The van der Waals surface area contributed by atoms with Crippen LogP contribution >= 0.6 is 0 Å². The molecule has 0 unspecified atom stereocenters. The molecule has 1 aromatic carbocycles. The van der Waals surface area contributed by atoms with E-state index >= 15 is 0 Å². The number of nitrogens with one attached hydrogen (secondary N) is 1. The normalized spacial score (nSPS) is 10.3. The van der Waals surface area contributed by atoms with Crippen LogP contribution in [0.2, 0.25) is 0 Å². The van der Waals surface area contributed by atoms with E-state index in [0.717, 1.165) is 5.56 Å². The Kier molecular flexibility index (Phi) is 2.32. The molecule has 0 aliphatic heterocycles. The zero-order chi connectivity index (χ0) is 11.7. The molecule has 0 spiro atoms. The van der Waals surface area contributed by atoms with Crippen LogP contribution in [0, 0.1) is 17.0 Å². The lowest BCUT2D eigenvalue weighted by molar-refractivity contribution is -0.383. The second-order valence-corrected chi connectivity index (χ2v) is 3.35. The first kappa shape index (κ1) is 10.2. The van der Waals surface area contributed by atoms with E-state index in [1.165, 1.54) is 6.07 Å². The van der Waals surface area contributed by atoms with Crippen LogP contribution in [0.1, 0.15) is 5.56 Å². The predicted octanol–water partition coefficient (Wildman–Crippen LogP) is 1.92. The molecule has 16 heavy (non-hydrogen) atoms. The summed E-state index contributed by atoms with van der Waals surface area (Å²) in [5, 5.41) is 11.5. The summed E-state index contributed by atoms with van der Waals surface area (Å²) in [5.74, 6) is 0.193. The first-order valence-electron chi connectivity index (χ1n) is 4.50. The predicted molar refractivity (Wildman–Crippen MR) is 56.4 cm³/mol. The maximum absolute atomic E-state index is 10.8. The highest BCUT2D eigenvalue weighted by atomic mass is 16.6. The number of hydrogen-bond acceptors (Lipinski definition) is 4. The smallest absolute Gasteiger partial charge is 0.299 e. The maximum Gasteiger partial charge on any atom is 0.299 e. The van der Waals surface area contributed by atoms with E-state index in [1.54, 1.807) is 19.1 Å². The molecule has 82 valence electrons. The van der Waals surface area contributed by atoms with Crippen molar-refractivity contribution in [2.45, 2.75) is 6.92 Å². The molecular weight excluding hydrogens is 212 g/mol. The molecule has 0 radical (unpaired) electrons. The molecule has 0 aliphatic carbocycles. The quantitative estimate of drug-likeness (QED) is 0.486. The number of rotatable bonds is 3. The molecule has 0 fully saturated rings. The standard InChI is InChI=1S/C10H8N2O4/c1-6-2-7-4-9(16-5-13)11-10(7)8(3-6)12(14)15/h2-5,11H,1H3. The van der Waals surface area contributed by atoms with E-state index in [0.29, 0.717) is 10.9 Å². The van der Waals surface area contributed by atoms with Gasteiger partial charge in [0.05, 0.1) is 4.92 Å². The summed E-state index contributed by atoms with van der Waals surface area (Å²) in [6.45, 7) is 2.03. The number of aryl methyl sites for hydroxylation is 1. The van der Waals surface area contributed by atoms with Gasteiger partial charge in [0.25, 0.3) is 12.2 Å². The van der Waals surface area contributed by atoms with Gasteiger partial charge in [-0.25, -0.2) is 0 Å². The Morgan fingerprint density at radius 3 is 2.81 bits per heavy atom. The number of hydrogen-bond donors (Lipinski definition) is 1. The Labute approximate surface area is 90.0 Å². The second-order valence-electron chi connectivity index (χ2n) is 3.35. The number of fused-ring (bicyclic) bond motifs is 1. The van der Waals surface area contributed by atoms with Gasteiger partial charge < -0.3 is 9.72 Å². The van der Waals surface area contributed by atoms with Crippen molar-refractivity contribution in [1.82, 2.24) is 4.98 Å². The van der Waals surface area contributed by atoms with Gasteiger partial charge in [-0.15, -0.1) is 0 Å². The molecule has 0 saturated carbocycles. The van der Waals surface area contributed by atoms with Crippen LogP contribution in [0.25, 0.3) is 10.9 Å². The fourth-order valence-corrected chi connectivity index (χ4v) is 1.60. The van der Waals surface area contributed by atoms with Crippen molar-refractivity contribution in [3.8, 4) is 5.88 Å². The van der Waals surface area contributed by atoms with Crippen LogP contribution in [-0.4, -0.2) is 16.4 Å². The van der Waals surface area contributed by atoms with Crippen molar-refractivity contribution in [1.29, 1.82) is 0 Å². The van der Waals surface area contributed by atoms with Crippen molar-refractivity contribution >= 4 is 23.1 Å². The third-order valence-corrected chi connectivity index (χ3v) is 2.20. The molecule has 0 bridgehead atoms. The van der Waals surface area contributed by atoms with Crippen LogP contribution in [0.15, 0.2) is 18.2 Å². The summed E-state index contributed by atoms with van der Waals surface area (Å²) >= 11 is 0. The maximum atomic E-state index is 10.8. The van der Waals surface area contributed by atoms with Gasteiger partial charge in [-0.05, 0) is 18.6 Å². The molecule has 1 heterocycles. The number of carbonyl (C=O) groups is 1. The first-order valence-corrected chi connectivity index (χ1v) is 4.50. The highest BCUT2D eigenvalue weighted by Crippen LogP contribution is 2.29. The number of aromatic amines is 1. The number of H-pyrrole nitrogens is 1. The van der Waals surface area contributed by atoms with Crippen LogP contribution in [-0.2, 0) is 4.79 Å². The van der Waals surface area contributed by atoms with Gasteiger partial charge in [-0.1, -0.05) is 0 Å². The average molecular weight is 220 g/mol. The molecule has 0 amide bonds. The summed E-state index contributed by atoms with van der Waals surface area (Å²) in [6, 6.07) is 4.78. The molecule has 0 atom stereocenters. The molecule has 2 rings (SSSR count). The van der Waals surface area contributed by atoms with Crippen molar-refractivity contribution in [2.75, 3.05) is 0 Å². The Morgan fingerprint density at radius 1 is 1.44 bits per heavy atom. The molecule has 6 heteroatoms. The molecule has 2 aromatic rings. The van der Waals surface area contributed by atoms with Crippen molar-refractivity contribution in [2.24, 2.45) is 0 Å². The second kappa shape index (κ2) is 3.65. The van der Waals surface area contributed by atoms with Crippen LogP contribution in [0.4, 0.5) is 5.69 Å². The Balaban J connectivity index is 2.69. The van der Waals surface area contributed by atoms with E-state index in [1.807, 2.05) is 0 Å². The van der Waals surface area contributed by atoms with E-state index in [4.69, 9.17) is 0 Å². The molecule has 0 saturated heterocycles. The fourth-order valence-electron chi connectivity index (χ4n) is 1.60. The van der Waals surface area contributed by atoms with Crippen molar-refractivity contribution < 1.29 is 14.5 Å². The van der Waals surface area contributed by atoms with Gasteiger partial charge in [-0.2, -0.15) is 0 Å². The van der Waals surface area contributed by atoms with Gasteiger partial charge in [-0.3, -0.25) is 14.9 Å². The summed E-state index contributed by atoms with van der Waals surface area (Å²) in [5.41, 5.74) is 1.10. The first-order chi connectivity index (χ1) is 7.61. The molecule has 0 aliphatic rings. The highest BCUT2D eigenvalue weighted by Gasteiger charge is 2.15. The van der Waals surface area contributed by atoms with Crippen LogP contribution in [0.5, 0.6) is 5.88 Å². The minimum atomic E-state index is -0.476. The average Bonchev–Trinajstić information content (AvgIpc) is 2.59. The number of benzene rings is 1. The van der Waals surface area contributed by atoms with E-state index in [9.17, 15) is 14.9 Å². The fraction of sp³-hybridized carbons (Fsp3) is 0.100. The van der Waals surface area contributed by atoms with Gasteiger partial charge in [0.1, 0.15) is 5.52 Å². The van der Waals surface area contributed by atoms with Crippen molar-refractivity contribution in [3.63, 3.8) is 0 Å². The lowest BCUT2D eigenvalue weighted by Crippen LogP contribution is -1.91. The minimum Gasteiger partial charge on any atom is -0.412 e. The SMILES string of the molecule is Cc1cc([N+](=O)[O-])c2[nH]c(OC=O)cc2c1. The monoisotopic (exact) mass is 220 g/mol. The van der Waals surface area contributed by atoms with E-state index in [-0.39, 0.29) is 18.0 Å². The number of non-ortho nitro benzene ring substituents is 1. The van der Waals surface area contributed by atoms with Gasteiger partial charge in [0.2, 0.25) is 5.88 Å².